The predicted molar refractivity (Wildman–Crippen MR) is 115 cm³/mol. The molecule has 8 heteroatoms. The van der Waals surface area contributed by atoms with E-state index in [-0.39, 0.29) is 11.8 Å². The van der Waals surface area contributed by atoms with E-state index in [1.165, 1.54) is 19.9 Å². The molecule has 0 aliphatic heterocycles. The maximum Gasteiger partial charge on any atom is 0.333 e. The van der Waals surface area contributed by atoms with Crippen LogP contribution in [-0.4, -0.2) is 19.6 Å². The van der Waals surface area contributed by atoms with Crippen LogP contribution in [0, 0.1) is 5.92 Å². The van der Waals surface area contributed by atoms with Crippen LogP contribution < -0.4 is 10.0 Å². The summed E-state index contributed by atoms with van der Waals surface area (Å²) < 4.78 is 32.3. The van der Waals surface area contributed by atoms with Gasteiger partial charge < -0.3 is 14.8 Å². The van der Waals surface area contributed by atoms with Crippen LogP contribution in [0.15, 0.2) is 40.0 Å². The summed E-state index contributed by atoms with van der Waals surface area (Å²) in [5.41, 5.74) is 1.67. The van der Waals surface area contributed by atoms with E-state index >= 15 is 0 Å². The highest BCUT2D eigenvalue weighted by Crippen LogP contribution is 2.45. The second kappa shape index (κ2) is 8.07. The SMILES string of the molecule is CC(C)c1cccc([C@H](C)C2CC2)c1NC(=O)NS(=O)(=O)c1cc(C(C)(C)O)co1. The van der Waals surface area contributed by atoms with E-state index in [0.29, 0.717) is 17.2 Å². The molecule has 30 heavy (non-hydrogen) atoms. The zero-order chi connectivity index (χ0) is 22.3. The molecule has 1 aliphatic rings. The van der Waals surface area contributed by atoms with Gasteiger partial charge in [0.15, 0.2) is 0 Å². The molecule has 0 unspecified atom stereocenters. The summed E-state index contributed by atoms with van der Waals surface area (Å²) in [4.78, 5) is 12.6. The van der Waals surface area contributed by atoms with Crippen LogP contribution in [0.1, 0.15) is 76.0 Å². The van der Waals surface area contributed by atoms with Crippen LogP contribution in [0.3, 0.4) is 0 Å². The van der Waals surface area contributed by atoms with Gasteiger partial charge in [-0.25, -0.2) is 9.52 Å². The Morgan fingerprint density at radius 3 is 2.37 bits per heavy atom. The summed E-state index contributed by atoms with van der Waals surface area (Å²) in [5, 5.41) is 12.3. The summed E-state index contributed by atoms with van der Waals surface area (Å²) in [6, 6.07) is 6.26. The lowest BCUT2D eigenvalue weighted by Crippen LogP contribution is -2.35. The summed E-state index contributed by atoms with van der Waals surface area (Å²) in [6.45, 7) is 9.22. The number of nitrogens with one attached hydrogen (secondary N) is 2. The molecule has 1 saturated carbocycles. The Hall–Kier alpha value is -2.32. The molecule has 0 saturated heterocycles. The van der Waals surface area contributed by atoms with Crippen molar-refractivity contribution in [2.45, 2.75) is 70.0 Å². The highest BCUT2D eigenvalue weighted by atomic mass is 32.2. The minimum absolute atomic E-state index is 0.155. The van der Waals surface area contributed by atoms with Gasteiger partial charge in [-0.3, -0.25) is 0 Å². The van der Waals surface area contributed by atoms with Crippen molar-refractivity contribution in [3.8, 4) is 0 Å². The standard InChI is InChI=1S/C22H30N2O5S/c1-13(2)17-7-6-8-18(14(3)15-9-10-15)20(17)23-21(25)24-30(27,28)19-11-16(12-29-19)22(4,5)26/h6-8,11-15,26H,9-10H2,1-5H3,(H2,23,24,25)/t14-/m1/s1. The number of amides is 2. The van der Waals surface area contributed by atoms with Gasteiger partial charge in [-0.15, -0.1) is 0 Å². The number of aliphatic hydroxyl groups is 1. The average molecular weight is 435 g/mol. The van der Waals surface area contributed by atoms with Crippen molar-refractivity contribution in [2.24, 2.45) is 5.92 Å². The Kier molecular flexibility index (Phi) is 6.02. The van der Waals surface area contributed by atoms with Gasteiger partial charge in [-0.1, -0.05) is 39.0 Å². The van der Waals surface area contributed by atoms with Crippen LogP contribution in [0.25, 0.3) is 0 Å². The minimum atomic E-state index is -4.23. The number of carbonyl (C=O) groups excluding carboxylic acids is 1. The van der Waals surface area contributed by atoms with Gasteiger partial charge in [0, 0.05) is 17.3 Å². The zero-order valence-electron chi connectivity index (χ0n) is 18.0. The second-order valence-electron chi connectivity index (χ2n) is 8.87. The number of anilines is 1. The molecule has 1 aliphatic carbocycles. The maximum absolute atomic E-state index is 12.6. The summed E-state index contributed by atoms with van der Waals surface area (Å²) in [7, 11) is -4.23. The van der Waals surface area contributed by atoms with Gasteiger partial charge >= 0.3 is 6.03 Å². The molecular formula is C22H30N2O5S. The van der Waals surface area contributed by atoms with E-state index in [9.17, 15) is 18.3 Å². The van der Waals surface area contributed by atoms with Gasteiger partial charge in [0.05, 0.1) is 11.9 Å². The lowest BCUT2D eigenvalue weighted by molar-refractivity contribution is 0.0779. The highest BCUT2D eigenvalue weighted by Gasteiger charge is 2.32. The maximum atomic E-state index is 12.6. The number of sulfonamides is 1. The third kappa shape index (κ3) is 4.87. The minimum Gasteiger partial charge on any atom is -0.451 e. The zero-order valence-corrected chi connectivity index (χ0v) is 18.8. The molecule has 1 aromatic carbocycles. The van der Waals surface area contributed by atoms with Crippen LogP contribution in [0.5, 0.6) is 0 Å². The van der Waals surface area contributed by atoms with E-state index in [1.54, 1.807) is 0 Å². The summed E-state index contributed by atoms with van der Waals surface area (Å²) >= 11 is 0. The summed E-state index contributed by atoms with van der Waals surface area (Å²) in [5.74, 6) is 1.01. The second-order valence-corrected chi connectivity index (χ2v) is 10.5. The van der Waals surface area contributed by atoms with E-state index in [4.69, 9.17) is 4.42 Å². The highest BCUT2D eigenvalue weighted by molar-refractivity contribution is 7.89. The van der Waals surface area contributed by atoms with Gasteiger partial charge in [0.1, 0.15) is 0 Å². The number of urea groups is 1. The molecule has 3 rings (SSSR count). The Balaban J connectivity index is 1.84. The van der Waals surface area contributed by atoms with Crippen molar-refractivity contribution in [1.29, 1.82) is 0 Å². The lowest BCUT2D eigenvalue weighted by Gasteiger charge is -2.22. The van der Waals surface area contributed by atoms with Crippen LogP contribution in [0.4, 0.5) is 10.5 Å². The molecule has 1 fully saturated rings. The fraction of sp³-hybridized carbons (Fsp3) is 0.500. The molecule has 1 heterocycles. The predicted octanol–water partition coefficient (Wildman–Crippen LogP) is 4.65. The number of rotatable bonds is 7. The lowest BCUT2D eigenvalue weighted by atomic mass is 9.89. The van der Waals surface area contributed by atoms with Gasteiger partial charge in [-0.05, 0) is 55.6 Å². The monoisotopic (exact) mass is 434 g/mol. The number of furan rings is 1. The van der Waals surface area contributed by atoms with Gasteiger partial charge in [0.2, 0.25) is 5.09 Å². The first-order valence-corrected chi connectivity index (χ1v) is 11.7. The first-order valence-electron chi connectivity index (χ1n) is 10.2. The van der Waals surface area contributed by atoms with Crippen molar-refractivity contribution < 1.29 is 22.7 Å². The molecule has 3 N–H and O–H groups in total. The molecule has 0 bridgehead atoms. The summed E-state index contributed by atoms with van der Waals surface area (Å²) in [6.07, 6.45) is 3.49. The quantitative estimate of drug-likeness (QED) is 0.587. The Morgan fingerprint density at radius 2 is 1.83 bits per heavy atom. The molecule has 164 valence electrons. The van der Waals surface area contributed by atoms with E-state index in [2.05, 4.69) is 12.2 Å². The van der Waals surface area contributed by atoms with E-state index in [1.807, 2.05) is 36.8 Å². The van der Waals surface area contributed by atoms with Crippen molar-refractivity contribution >= 4 is 21.7 Å². The fourth-order valence-corrected chi connectivity index (χ4v) is 4.39. The van der Waals surface area contributed by atoms with Crippen molar-refractivity contribution in [3.63, 3.8) is 0 Å². The van der Waals surface area contributed by atoms with Crippen LogP contribution >= 0.6 is 0 Å². The average Bonchev–Trinajstić information content (AvgIpc) is 3.34. The smallest absolute Gasteiger partial charge is 0.333 e. The molecule has 2 aromatic rings. The first kappa shape index (κ1) is 22.4. The molecule has 1 atom stereocenters. The van der Waals surface area contributed by atoms with E-state index in [0.717, 1.165) is 30.2 Å². The molecule has 0 radical (unpaired) electrons. The number of hydrogen-bond acceptors (Lipinski definition) is 5. The van der Waals surface area contributed by atoms with Crippen molar-refractivity contribution in [1.82, 2.24) is 4.72 Å². The number of carbonyl (C=O) groups is 1. The van der Waals surface area contributed by atoms with Crippen molar-refractivity contribution in [2.75, 3.05) is 5.32 Å². The Labute approximate surface area is 177 Å². The molecule has 7 nitrogen and oxygen atoms in total. The molecular weight excluding hydrogens is 404 g/mol. The third-order valence-corrected chi connectivity index (χ3v) is 6.78. The normalized spacial score (nSPS) is 15.8. The van der Waals surface area contributed by atoms with Crippen LogP contribution in [-0.2, 0) is 15.6 Å². The third-order valence-electron chi connectivity index (χ3n) is 5.58. The van der Waals surface area contributed by atoms with Gasteiger partial charge in [-0.2, -0.15) is 8.42 Å². The number of para-hydroxylation sites is 1. The fourth-order valence-electron chi connectivity index (χ4n) is 3.53. The first-order chi connectivity index (χ1) is 13.9. The van der Waals surface area contributed by atoms with Crippen molar-refractivity contribution in [3.05, 3.63) is 47.2 Å². The molecule has 1 aromatic heterocycles. The Morgan fingerprint density at radius 1 is 1.20 bits per heavy atom. The van der Waals surface area contributed by atoms with Crippen LogP contribution in [0.2, 0.25) is 0 Å². The topological polar surface area (TPSA) is 109 Å². The molecule has 2 amide bonds. The number of hydrogen-bond donors (Lipinski definition) is 3. The number of benzene rings is 1. The van der Waals surface area contributed by atoms with Gasteiger partial charge in [0.25, 0.3) is 10.0 Å². The molecule has 0 spiro atoms. The largest absolute Gasteiger partial charge is 0.451 e. The Bertz CT molecular complexity index is 1030. The van der Waals surface area contributed by atoms with E-state index < -0.39 is 26.7 Å².